The van der Waals surface area contributed by atoms with Crippen LogP contribution in [0.1, 0.15) is 43.7 Å². The van der Waals surface area contributed by atoms with Crippen molar-refractivity contribution in [3.8, 4) is 0 Å². The number of hydrogen-bond donors (Lipinski definition) is 2. The third kappa shape index (κ3) is 3.62. The fourth-order valence-electron chi connectivity index (χ4n) is 2.63. The van der Waals surface area contributed by atoms with Gasteiger partial charge in [0.25, 0.3) is 0 Å². The topological polar surface area (TPSA) is 66.4 Å². The first-order valence-electron chi connectivity index (χ1n) is 7.23. The Morgan fingerprint density at radius 3 is 2.57 bits per heavy atom. The van der Waals surface area contributed by atoms with Crippen molar-refractivity contribution in [1.82, 2.24) is 4.72 Å². The van der Waals surface area contributed by atoms with Gasteiger partial charge in [-0.2, -0.15) is 0 Å². The molecule has 1 aromatic carbocycles. The van der Waals surface area contributed by atoms with Crippen LogP contribution in [0.5, 0.6) is 0 Å². The summed E-state index contributed by atoms with van der Waals surface area (Å²) < 4.78 is 41.2. The van der Waals surface area contributed by atoms with Gasteiger partial charge in [-0.05, 0) is 49.3 Å². The van der Waals surface area contributed by atoms with Crippen LogP contribution in [-0.4, -0.2) is 20.1 Å². The van der Waals surface area contributed by atoms with Crippen molar-refractivity contribution in [3.63, 3.8) is 0 Å². The maximum Gasteiger partial charge on any atom is 0.240 e. The predicted molar refractivity (Wildman–Crippen MR) is 78.8 cm³/mol. The highest BCUT2D eigenvalue weighted by molar-refractivity contribution is 7.89. The van der Waals surface area contributed by atoms with E-state index in [1.165, 1.54) is 13.0 Å². The summed E-state index contributed by atoms with van der Waals surface area (Å²) in [6.07, 6.45) is 4.09. The molecule has 0 saturated heterocycles. The number of sulfonamides is 1. The normalized spacial score (nSPS) is 17.0. The molecule has 4 nitrogen and oxygen atoms in total. The number of rotatable bonds is 7. The SMILES string of the molecule is CCCC1(CNS(=O)(=O)c2cc(CO)cc(F)c2C)CC1. The van der Waals surface area contributed by atoms with Crippen molar-refractivity contribution < 1.29 is 17.9 Å². The minimum absolute atomic E-state index is 0.0834. The van der Waals surface area contributed by atoms with E-state index in [1.807, 2.05) is 0 Å². The van der Waals surface area contributed by atoms with Gasteiger partial charge in [0.05, 0.1) is 11.5 Å². The molecule has 0 amide bonds. The average molecular weight is 315 g/mol. The van der Waals surface area contributed by atoms with Crippen LogP contribution >= 0.6 is 0 Å². The molecule has 0 atom stereocenters. The van der Waals surface area contributed by atoms with Gasteiger partial charge >= 0.3 is 0 Å². The quantitative estimate of drug-likeness (QED) is 0.812. The summed E-state index contributed by atoms with van der Waals surface area (Å²) in [5.41, 5.74) is 0.427. The molecule has 21 heavy (non-hydrogen) atoms. The minimum atomic E-state index is -3.76. The van der Waals surface area contributed by atoms with Gasteiger partial charge in [0.2, 0.25) is 10.0 Å². The zero-order chi connectivity index (χ0) is 15.7. The highest BCUT2D eigenvalue weighted by atomic mass is 32.2. The molecule has 0 heterocycles. The summed E-state index contributed by atoms with van der Waals surface area (Å²) in [6, 6.07) is 2.49. The van der Waals surface area contributed by atoms with Crippen molar-refractivity contribution in [2.45, 2.75) is 51.0 Å². The first kappa shape index (κ1) is 16.4. The van der Waals surface area contributed by atoms with Crippen molar-refractivity contribution >= 4 is 10.0 Å². The second-order valence-corrected chi connectivity index (χ2v) is 7.67. The number of hydrogen-bond acceptors (Lipinski definition) is 3. The summed E-state index contributed by atoms with van der Waals surface area (Å²) in [7, 11) is -3.76. The third-order valence-corrected chi connectivity index (χ3v) is 5.73. The summed E-state index contributed by atoms with van der Waals surface area (Å²) in [6.45, 7) is 3.52. The Hall–Kier alpha value is -0.980. The number of benzene rings is 1. The van der Waals surface area contributed by atoms with Gasteiger partial charge in [-0.15, -0.1) is 0 Å². The van der Waals surface area contributed by atoms with E-state index < -0.39 is 15.8 Å². The number of nitrogens with one attached hydrogen (secondary N) is 1. The first-order chi connectivity index (χ1) is 9.83. The lowest BCUT2D eigenvalue weighted by atomic mass is 10.0. The van der Waals surface area contributed by atoms with E-state index in [0.29, 0.717) is 6.54 Å². The van der Waals surface area contributed by atoms with Crippen LogP contribution in [0.2, 0.25) is 0 Å². The molecule has 1 aliphatic rings. The molecule has 0 aromatic heterocycles. The molecule has 2 N–H and O–H groups in total. The molecule has 0 spiro atoms. The predicted octanol–water partition coefficient (Wildman–Crippen LogP) is 2.49. The lowest BCUT2D eigenvalue weighted by molar-refractivity contribution is 0.281. The fraction of sp³-hybridized carbons (Fsp3) is 0.600. The average Bonchev–Trinajstić information content (AvgIpc) is 3.20. The van der Waals surface area contributed by atoms with Crippen LogP contribution in [0.25, 0.3) is 0 Å². The first-order valence-corrected chi connectivity index (χ1v) is 8.71. The summed E-state index contributed by atoms with van der Waals surface area (Å²) >= 11 is 0. The fourth-order valence-corrected chi connectivity index (χ4v) is 4.08. The highest BCUT2D eigenvalue weighted by Crippen LogP contribution is 2.49. The second-order valence-electron chi connectivity index (χ2n) is 5.93. The number of aliphatic hydroxyl groups is 1. The van der Waals surface area contributed by atoms with Gasteiger partial charge in [-0.25, -0.2) is 17.5 Å². The molecule has 1 aromatic rings. The summed E-state index contributed by atoms with van der Waals surface area (Å²) in [4.78, 5) is -0.0844. The Bertz CT molecular complexity index is 624. The van der Waals surface area contributed by atoms with Crippen molar-refractivity contribution in [3.05, 3.63) is 29.1 Å². The van der Waals surface area contributed by atoms with E-state index in [4.69, 9.17) is 5.11 Å². The van der Waals surface area contributed by atoms with Crippen LogP contribution in [-0.2, 0) is 16.6 Å². The van der Waals surface area contributed by atoms with Crippen LogP contribution in [0.4, 0.5) is 4.39 Å². The van der Waals surface area contributed by atoms with E-state index >= 15 is 0 Å². The van der Waals surface area contributed by atoms with Gasteiger partial charge in [0.15, 0.2) is 0 Å². The van der Waals surface area contributed by atoms with Gasteiger partial charge in [-0.3, -0.25) is 0 Å². The molecule has 0 radical (unpaired) electrons. The molecule has 0 bridgehead atoms. The van der Waals surface area contributed by atoms with Crippen LogP contribution in [0.15, 0.2) is 17.0 Å². The van der Waals surface area contributed by atoms with E-state index in [9.17, 15) is 12.8 Å². The van der Waals surface area contributed by atoms with Crippen molar-refractivity contribution in [2.24, 2.45) is 5.41 Å². The number of halogens is 1. The zero-order valence-corrected chi connectivity index (χ0v) is 13.3. The minimum Gasteiger partial charge on any atom is -0.392 e. The summed E-state index contributed by atoms with van der Waals surface area (Å²) in [5.74, 6) is -0.614. The zero-order valence-electron chi connectivity index (χ0n) is 12.4. The van der Waals surface area contributed by atoms with Crippen LogP contribution < -0.4 is 4.72 Å². The van der Waals surface area contributed by atoms with Crippen LogP contribution in [0.3, 0.4) is 0 Å². The Morgan fingerprint density at radius 1 is 1.38 bits per heavy atom. The molecule has 1 saturated carbocycles. The Labute approximate surface area is 125 Å². The second kappa shape index (κ2) is 6.02. The van der Waals surface area contributed by atoms with Crippen molar-refractivity contribution in [2.75, 3.05) is 6.54 Å². The number of aliphatic hydroxyl groups excluding tert-OH is 1. The molecule has 0 aliphatic heterocycles. The molecule has 1 fully saturated rings. The van der Waals surface area contributed by atoms with Gasteiger partial charge in [0, 0.05) is 12.1 Å². The Kier molecular flexibility index (Phi) is 4.70. The van der Waals surface area contributed by atoms with Crippen LogP contribution in [0, 0.1) is 18.2 Å². The lowest BCUT2D eigenvalue weighted by Gasteiger charge is -2.16. The van der Waals surface area contributed by atoms with E-state index in [2.05, 4.69) is 11.6 Å². The lowest BCUT2D eigenvalue weighted by Crippen LogP contribution is -2.31. The van der Waals surface area contributed by atoms with Gasteiger partial charge < -0.3 is 5.11 Å². The molecular weight excluding hydrogens is 293 g/mol. The molecule has 1 aliphatic carbocycles. The summed E-state index contributed by atoms with van der Waals surface area (Å²) in [5, 5.41) is 9.10. The van der Waals surface area contributed by atoms with Gasteiger partial charge in [-0.1, -0.05) is 13.3 Å². The molecule has 2 rings (SSSR count). The van der Waals surface area contributed by atoms with E-state index in [1.54, 1.807) is 0 Å². The Balaban J connectivity index is 2.22. The maximum atomic E-state index is 13.8. The molecular formula is C15H22FNO3S. The molecule has 118 valence electrons. The molecule has 6 heteroatoms. The van der Waals surface area contributed by atoms with Crippen molar-refractivity contribution in [1.29, 1.82) is 0 Å². The smallest absolute Gasteiger partial charge is 0.240 e. The monoisotopic (exact) mass is 315 g/mol. The Morgan fingerprint density at radius 2 is 2.05 bits per heavy atom. The van der Waals surface area contributed by atoms with E-state index in [0.717, 1.165) is 31.7 Å². The third-order valence-electron chi connectivity index (χ3n) is 4.20. The maximum absolute atomic E-state index is 13.8. The largest absolute Gasteiger partial charge is 0.392 e. The molecule has 0 unspecified atom stereocenters. The van der Waals surface area contributed by atoms with Gasteiger partial charge in [0.1, 0.15) is 5.82 Å². The standard InChI is InChI=1S/C15H22FNO3S/c1-3-4-15(5-6-15)10-17-21(19,20)14-8-12(9-18)7-13(16)11(14)2/h7-8,17-18H,3-6,9-10H2,1-2H3. The van der Waals surface area contributed by atoms with E-state index in [-0.39, 0.29) is 28.0 Å². The highest BCUT2D eigenvalue weighted by Gasteiger charge is 2.42.